The maximum absolute atomic E-state index is 14.0. The van der Waals surface area contributed by atoms with Gasteiger partial charge >= 0.3 is 0 Å². The van der Waals surface area contributed by atoms with Crippen molar-refractivity contribution in [3.63, 3.8) is 0 Å². The number of aromatic amines is 1. The summed E-state index contributed by atoms with van der Waals surface area (Å²) in [6.45, 7) is 3.02. The van der Waals surface area contributed by atoms with Gasteiger partial charge in [-0.2, -0.15) is 15.4 Å². The van der Waals surface area contributed by atoms with Crippen molar-refractivity contribution in [1.29, 1.82) is 0 Å². The standard InChI is InChI=1S/C24H25F2N9/c1-13-4-14(21-11-31-33-32-21)2-3-34(13)22-12-28-23(17-9-29-24(27)30-10-17)35(22)18-5-15-7-19(25)20(26)8-16(15)6-18/h7-14,18H,2-6H2,1H3,(H2,27,29,30)(H,31,32,33). The molecule has 0 saturated carbocycles. The largest absolute Gasteiger partial charge is 0.368 e. The van der Waals surface area contributed by atoms with Crippen LogP contribution in [0.5, 0.6) is 0 Å². The van der Waals surface area contributed by atoms with Gasteiger partial charge in [0.1, 0.15) is 11.6 Å². The van der Waals surface area contributed by atoms with Crippen LogP contribution in [-0.2, 0) is 12.8 Å². The van der Waals surface area contributed by atoms with Crippen LogP contribution in [0.4, 0.5) is 20.5 Å². The molecule has 4 heterocycles. The van der Waals surface area contributed by atoms with E-state index in [9.17, 15) is 8.78 Å². The van der Waals surface area contributed by atoms with Gasteiger partial charge in [0, 0.05) is 36.9 Å². The van der Waals surface area contributed by atoms with Crippen LogP contribution in [-0.4, -0.2) is 47.5 Å². The molecule has 3 aromatic heterocycles. The maximum Gasteiger partial charge on any atom is 0.219 e. The Labute approximate surface area is 200 Å². The van der Waals surface area contributed by atoms with Gasteiger partial charge < -0.3 is 15.2 Å². The molecule has 11 heteroatoms. The van der Waals surface area contributed by atoms with Crippen LogP contribution in [0.1, 0.15) is 48.5 Å². The van der Waals surface area contributed by atoms with Gasteiger partial charge in [-0.05, 0) is 55.9 Å². The Kier molecular flexibility index (Phi) is 5.19. The van der Waals surface area contributed by atoms with Gasteiger partial charge in [0.05, 0.1) is 23.7 Å². The molecule has 1 aliphatic carbocycles. The molecule has 6 rings (SSSR count). The number of aromatic nitrogens is 7. The first-order chi connectivity index (χ1) is 17.0. The molecule has 2 atom stereocenters. The Balaban J connectivity index is 1.37. The van der Waals surface area contributed by atoms with Crippen LogP contribution in [0.15, 0.2) is 36.9 Å². The minimum Gasteiger partial charge on any atom is -0.368 e. The summed E-state index contributed by atoms with van der Waals surface area (Å²) >= 11 is 0. The fourth-order valence-electron chi connectivity index (χ4n) is 5.55. The molecule has 4 aromatic rings. The molecular formula is C24H25F2N9. The number of anilines is 2. The number of nitrogens with two attached hydrogens (primary N) is 1. The van der Waals surface area contributed by atoms with Crippen molar-refractivity contribution in [3.05, 3.63) is 65.4 Å². The minimum absolute atomic E-state index is 0.0447. The molecule has 0 bridgehead atoms. The molecule has 0 radical (unpaired) electrons. The third-order valence-electron chi connectivity index (χ3n) is 7.25. The van der Waals surface area contributed by atoms with Crippen molar-refractivity contribution in [3.8, 4) is 11.4 Å². The van der Waals surface area contributed by atoms with Crippen molar-refractivity contribution < 1.29 is 8.78 Å². The van der Waals surface area contributed by atoms with Gasteiger partial charge in [0.2, 0.25) is 5.95 Å². The Morgan fingerprint density at radius 1 is 1.00 bits per heavy atom. The Morgan fingerprint density at radius 2 is 1.71 bits per heavy atom. The van der Waals surface area contributed by atoms with Crippen LogP contribution >= 0.6 is 0 Å². The predicted molar refractivity (Wildman–Crippen MR) is 126 cm³/mol. The van der Waals surface area contributed by atoms with Gasteiger partial charge in [-0.25, -0.2) is 23.7 Å². The van der Waals surface area contributed by atoms with Gasteiger partial charge in [-0.3, -0.25) is 0 Å². The number of hydrogen-bond acceptors (Lipinski definition) is 7. The summed E-state index contributed by atoms with van der Waals surface area (Å²) in [5.41, 5.74) is 9.08. The van der Waals surface area contributed by atoms with Crippen molar-refractivity contribution in [2.75, 3.05) is 17.2 Å². The summed E-state index contributed by atoms with van der Waals surface area (Å²) in [7, 11) is 0. The number of halogens is 2. The molecule has 180 valence electrons. The molecular weight excluding hydrogens is 452 g/mol. The highest BCUT2D eigenvalue weighted by Gasteiger charge is 2.34. The smallest absolute Gasteiger partial charge is 0.219 e. The van der Waals surface area contributed by atoms with Crippen LogP contribution in [0.25, 0.3) is 11.4 Å². The first-order valence-corrected chi connectivity index (χ1v) is 11.7. The zero-order chi connectivity index (χ0) is 24.1. The lowest BCUT2D eigenvalue weighted by Gasteiger charge is -2.39. The van der Waals surface area contributed by atoms with Crippen molar-refractivity contribution in [2.45, 2.75) is 50.6 Å². The average molecular weight is 478 g/mol. The number of nitrogens with zero attached hydrogens (tertiary/aromatic N) is 7. The van der Waals surface area contributed by atoms with Crippen LogP contribution < -0.4 is 10.6 Å². The summed E-state index contributed by atoms with van der Waals surface area (Å²) in [5.74, 6) is 0.584. The van der Waals surface area contributed by atoms with Gasteiger partial charge in [0.25, 0.3) is 0 Å². The highest BCUT2D eigenvalue weighted by Crippen LogP contribution is 2.40. The monoisotopic (exact) mass is 477 g/mol. The third-order valence-corrected chi connectivity index (χ3v) is 7.25. The summed E-state index contributed by atoms with van der Waals surface area (Å²) in [6, 6.07) is 2.82. The number of hydrogen-bond donors (Lipinski definition) is 2. The summed E-state index contributed by atoms with van der Waals surface area (Å²) < 4.78 is 30.1. The summed E-state index contributed by atoms with van der Waals surface area (Å²) in [6.07, 6.45) is 10.0. The highest BCUT2D eigenvalue weighted by molar-refractivity contribution is 5.60. The second-order valence-electron chi connectivity index (χ2n) is 9.40. The lowest BCUT2D eigenvalue weighted by molar-refractivity contribution is 0.412. The zero-order valence-corrected chi connectivity index (χ0v) is 19.2. The number of fused-ring (bicyclic) bond motifs is 1. The second-order valence-corrected chi connectivity index (χ2v) is 9.40. The predicted octanol–water partition coefficient (Wildman–Crippen LogP) is 3.43. The van der Waals surface area contributed by atoms with E-state index in [4.69, 9.17) is 10.7 Å². The topological polar surface area (TPSA) is 114 Å². The Hall–Kier alpha value is -3.89. The molecule has 1 fully saturated rings. The van der Waals surface area contributed by atoms with E-state index >= 15 is 0 Å². The van der Waals surface area contributed by atoms with E-state index in [-0.39, 0.29) is 18.0 Å². The number of piperidine rings is 1. The van der Waals surface area contributed by atoms with Gasteiger partial charge in [-0.1, -0.05) is 0 Å². The number of H-pyrrole nitrogens is 1. The number of imidazole rings is 1. The minimum atomic E-state index is -0.814. The van der Waals surface area contributed by atoms with E-state index in [2.05, 4.69) is 41.8 Å². The molecule has 1 saturated heterocycles. The van der Waals surface area contributed by atoms with E-state index in [1.165, 1.54) is 12.1 Å². The molecule has 2 unspecified atom stereocenters. The van der Waals surface area contributed by atoms with Crippen molar-refractivity contribution in [1.82, 2.24) is 34.9 Å². The van der Waals surface area contributed by atoms with E-state index < -0.39 is 11.6 Å². The molecule has 9 nitrogen and oxygen atoms in total. The number of rotatable bonds is 4. The maximum atomic E-state index is 14.0. The zero-order valence-electron chi connectivity index (χ0n) is 19.2. The molecule has 35 heavy (non-hydrogen) atoms. The van der Waals surface area contributed by atoms with Crippen molar-refractivity contribution in [2.24, 2.45) is 0 Å². The summed E-state index contributed by atoms with van der Waals surface area (Å²) in [5, 5.41) is 11.0. The first kappa shape index (κ1) is 21.6. The van der Waals surface area contributed by atoms with E-state index in [1.54, 1.807) is 18.6 Å². The number of nitrogen functional groups attached to an aromatic ring is 1. The molecule has 1 aromatic carbocycles. The van der Waals surface area contributed by atoms with E-state index in [1.807, 2.05) is 6.20 Å². The number of nitrogens with one attached hydrogen (secondary N) is 1. The Morgan fingerprint density at radius 3 is 2.34 bits per heavy atom. The van der Waals surface area contributed by atoms with E-state index in [0.717, 1.165) is 47.6 Å². The second kappa shape index (κ2) is 8.40. The lowest BCUT2D eigenvalue weighted by Crippen LogP contribution is -2.41. The molecule has 3 N–H and O–H groups in total. The summed E-state index contributed by atoms with van der Waals surface area (Å²) in [4.78, 5) is 15.4. The lowest BCUT2D eigenvalue weighted by atomic mass is 9.89. The third kappa shape index (κ3) is 3.80. The van der Waals surface area contributed by atoms with Crippen LogP contribution in [0.2, 0.25) is 0 Å². The quantitative estimate of drug-likeness (QED) is 0.463. The fraction of sp³-hybridized carbons (Fsp3) is 0.375. The first-order valence-electron chi connectivity index (χ1n) is 11.7. The van der Waals surface area contributed by atoms with Crippen LogP contribution in [0.3, 0.4) is 0 Å². The molecule has 0 amide bonds. The molecule has 0 spiro atoms. The average Bonchev–Trinajstić information content (AvgIpc) is 3.59. The SMILES string of the molecule is CC1CC(c2cn[nH]n2)CCN1c1cnc(-c2cnc(N)nc2)n1C1Cc2cc(F)c(F)cc2C1. The van der Waals surface area contributed by atoms with Crippen molar-refractivity contribution >= 4 is 11.8 Å². The highest BCUT2D eigenvalue weighted by atomic mass is 19.2. The molecule has 1 aliphatic heterocycles. The van der Waals surface area contributed by atoms with Gasteiger partial charge in [-0.15, -0.1) is 0 Å². The Bertz CT molecular complexity index is 1320. The molecule has 2 aliphatic rings. The van der Waals surface area contributed by atoms with E-state index in [0.29, 0.717) is 24.6 Å². The number of benzene rings is 1. The normalized spacial score (nSPS) is 20.4. The fourth-order valence-corrected chi connectivity index (χ4v) is 5.55. The van der Waals surface area contributed by atoms with Crippen LogP contribution in [0, 0.1) is 11.6 Å². The van der Waals surface area contributed by atoms with Gasteiger partial charge in [0.15, 0.2) is 11.6 Å².